The molecule has 1 aliphatic rings. The molecule has 29 heavy (non-hydrogen) atoms. The minimum absolute atomic E-state index is 0.238. The molecule has 0 spiro atoms. The Morgan fingerprint density at radius 1 is 1.24 bits per heavy atom. The molecule has 1 aromatic carbocycles. The fraction of sp³-hybridized carbons (Fsp3) is 0.526. The van der Waals surface area contributed by atoms with Crippen molar-refractivity contribution in [3.63, 3.8) is 0 Å². The van der Waals surface area contributed by atoms with Gasteiger partial charge in [0.05, 0.1) is 6.54 Å². The molecule has 10 heteroatoms. The van der Waals surface area contributed by atoms with Crippen molar-refractivity contribution in [1.82, 2.24) is 14.3 Å². The van der Waals surface area contributed by atoms with Gasteiger partial charge in [-0.1, -0.05) is 12.1 Å². The lowest BCUT2D eigenvalue weighted by Crippen LogP contribution is -2.44. The number of ether oxygens (including phenoxy) is 3. The molecule has 0 bridgehead atoms. The summed E-state index contributed by atoms with van der Waals surface area (Å²) in [5.74, 6) is 1.35. The third-order valence-corrected chi connectivity index (χ3v) is 5.13. The molecule has 3 rings (SSSR count). The molecule has 2 heterocycles. The number of rotatable bonds is 7. The molecule has 1 amide bonds. The average molecular weight is 441 g/mol. The summed E-state index contributed by atoms with van der Waals surface area (Å²) in [5.41, 5.74) is -0.588. The fourth-order valence-electron chi connectivity index (χ4n) is 2.74. The number of para-hydroxylation sites is 2. The van der Waals surface area contributed by atoms with Crippen molar-refractivity contribution < 1.29 is 19.0 Å². The van der Waals surface area contributed by atoms with Gasteiger partial charge < -0.3 is 24.0 Å². The van der Waals surface area contributed by atoms with Crippen LogP contribution in [0.5, 0.6) is 11.5 Å². The zero-order chi connectivity index (χ0) is 21.0. The van der Waals surface area contributed by atoms with Crippen molar-refractivity contribution in [2.24, 2.45) is 0 Å². The molecule has 0 fully saturated rings. The van der Waals surface area contributed by atoms with Crippen molar-refractivity contribution in [2.75, 3.05) is 31.6 Å². The third kappa shape index (κ3) is 6.11. The van der Waals surface area contributed by atoms with Crippen LogP contribution >= 0.6 is 23.1 Å². The summed E-state index contributed by atoms with van der Waals surface area (Å²) < 4.78 is 21.1. The van der Waals surface area contributed by atoms with Crippen LogP contribution in [0.1, 0.15) is 27.2 Å². The van der Waals surface area contributed by atoms with Crippen LogP contribution < -0.4 is 14.4 Å². The monoisotopic (exact) mass is 440 g/mol. The van der Waals surface area contributed by atoms with Crippen LogP contribution in [0.2, 0.25) is 5.28 Å². The first kappa shape index (κ1) is 21.4. The predicted molar refractivity (Wildman–Crippen MR) is 112 cm³/mol. The van der Waals surface area contributed by atoms with E-state index in [1.165, 1.54) is 11.5 Å². The van der Waals surface area contributed by atoms with Crippen LogP contribution in [0.3, 0.4) is 0 Å². The van der Waals surface area contributed by atoms with Gasteiger partial charge >= 0.3 is 6.09 Å². The Kier molecular flexibility index (Phi) is 6.69. The van der Waals surface area contributed by atoms with E-state index >= 15 is 0 Å². The maximum Gasteiger partial charge on any atom is 0.410 e. The normalized spacial score (nSPS) is 13.4. The van der Waals surface area contributed by atoms with E-state index in [-0.39, 0.29) is 11.8 Å². The number of carbonyl (C=O) groups excluding carboxylic acids is 1. The first-order valence-corrected chi connectivity index (χ1v) is 10.5. The van der Waals surface area contributed by atoms with Crippen molar-refractivity contribution >= 4 is 34.4 Å². The van der Waals surface area contributed by atoms with Crippen molar-refractivity contribution in [2.45, 2.75) is 39.1 Å². The summed E-state index contributed by atoms with van der Waals surface area (Å²) in [6.45, 7) is 6.94. The lowest BCUT2D eigenvalue weighted by Gasteiger charge is -2.29. The molecule has 1 aromatic heterocycles. The standard InChI is InChI=1S/C19H25ClN4O4S/c1-19(2,3)28-18(25)24(11-7-10-23(4)17-21-16(20)22-29-17)12-15-26-13-8-5-6-9-14(13)27-15/h5-6,8-9,15H,7,10-12H2,1-4H3. The molecule has 0 saturated heterocycles. The minimum Gasteiger partial charge on any atom is -0.449 e. The first-order valence-electron chi connectivity index (χ1n) is 9.32. The zero-order valence-electron chi connectivity index (χ0n) is 16.9. The van der Waals surface area contributed by atoms with E-state index in [1.54, 1.807) is 4.90 Å². The molecule has 8 nitrogen and oxygen atoms in total. The van der Waals surface area contributed by atoms with Crippen LogP contribution in [-0.4, -0.2) is 58.9 Å². The van der Waals surface area contributed by atoms with Gasteiger partial charge in [0.1, 0.15) is 5.60 Å². The Morgan fingerprint density at radius 2 is 1.90 bits per heavy atom. The number of aromatic nitrogens is 2. The smallest absolute Gasteiger partial charge is 0.410 e. The van der Waals surface area contributed by atoms with Crippen molar-refractivity contribution in [1.29, 1.82) is 0 Å². The molecular weight excluding hydrogens is 416 g/mol. The topological polar surface area (TPSA) is 77.0 Å². The maximum absolute atomic E-state index is 12.7. The van der Waals surface area contributed by atoms with Crippen LogP contribution in [0, 0.1) is 0 Å². The van der Waals surface area contributed by atoms with Gasteiger partial charge in [0, 0.05) is 31.7 Å². The van der Waals surface area contributed by atoms with Gasteiger partial charge in [0.2, 0.25) is 10.4 Å². The molecule has 0 N–H and O–H groups in total. The zero-order valence-corrected chi connectivity index (χ0v) is 18.5. The Balaban J connectivity index is 1.58. The van der Waals surface area contributed by atoms with Gasteiger partial charge in [-0.25, -0.2) is 4.79 Å². The lowest BCUT2D eigenvalue weighted by molar-refractivity contribution is -0.0108. The van der Waals surface area contributed by atoms with Crippen molar-refractivity contribution in [3.05, 3.63) is 29.5 Å². The molecule has 0 aliphatic carbocycles. The number of benzene rings is 1. The summed E-state index contributed by atoms with van der Waals surface area (Å²) in [6, 6.07) is 7.45. The molecule has 0 radical (unpaired) electrons. The molecule has 1 aliphatic heterocycles. The van der Waals surface area contributed by atoms with Gasteiger partial charge in [-0.2, -0.15) is 9.36 Å². The Morgan fingerprint density at radius 3 is 2.45 bits per heavy atom. The molecule has 2 aromatic rings. The van der Waals surface area contributed by atoms with E-state index < -0.39 is 18.0 Å². The second-order valence-electron chi connectivity index (χ2n) is 7.66. The van der Waals surface area contributed by atoms with E-state index in [2.05, 4.69) is 9.36 Å². The summed E-state index contributed by atoms with van der Waals surface area (Å²) in [7, 11) is 1.91. The van der Waals surface area contributed by atoms with Gasteiger partial charge in [0.25, 0.3) is 6.29 Å². The van der Waals surface area contributed by atoms with E-state index in [0.29, 0.717) is 31.0 Å². The highest BCUT2D eigenvalue weighted by Crippen LogP contribution is 2.34. The number of anilines is 1. The van der Waals surface area contributed by atoms with Crippen LogP contribution in [-0.2, 0) is 4.74 Å². The number of fused-ring (bicyclic) bond motifs is 1. The summed E-state index contributed by atoms with van der Waals surface area (Å²) in [6.07, 6.45) is -0.269. The quantitative estimate of drug-likeness (QED) is 0.642. The largest absolute Gasteiger partial charge is 0.449 e. The van der Waals surface area contributed by atoms with E-state index in [0.717, 1.165) is 5.13 Å². The van der Waals surface area contributed by atoms with Crippen molar-refractivity contribution in [3.8, 4) is 11.5 Å². The second-order valence-corrected chi connectivity index (χ2v) is 8.73. The van der Waals surface area contributed by atoms with Gasteiger partial charge in [0.15, 0.2) is 11.5 Å². The average Bonchev–Trinajstić information content (AvgIpc) is 3.24. The number of nitrogens with zero attached hydrogens (tertiary/aromatic N) is 4. The highest BCUT2D eigenvalue weighted by molar-refractivity contribution is 7.09. The maximum atomic E-state index is 12.7. The van der Waals surface area contributed by atoms with Gasteiger partial charge in [-0.3, -0.25) is 0 Å². The predicted octanol–water partition coefficient (Wildman–Crippen LogP) is 4.05. The minimum atomic E-state index is -0.588. The highest BCUT2D eigenvalue weighted by atomic mass is 35.5. The van der Waals surface area contributed by atoms with Crippen LogP contribution in [0.4, 0.5) is 9.93 Å². The SMILES string of the molecule is CN(CCCN(CC1Oc2ccccc2O1)C(=O)OC(C)(C)C)c1nc(Cl)ns1. The lowest BCUT2D eigenvalue weighted by atomic mass is 10.2. The first-order chi connectivity index (χ1) is 13.7. The number of carbonyl (C=O) groups is 1. The number of halogens is 1. The number of amides is 1. The van der Waals surface area contributed by atoms with Gasteiger partial charge in [-0.15, -0.1) is 0 Å². The number of hydrogen-bond acceptors (Lipinski definition) is 8. The van der Waals surface area contributed by atoms with Crippen LogP contribution in [0.25, 0.3) is 0 Å². The number of hydrogen-bond donors (Lipinski definition) is 0. The molecule has 158 valence electrons. The Labute approximate surface area is 179 Å². The second kappa shape index (κ2) is 9.04. The summed E-state index contributed by atoms with van der Waals surface area (Å²) in [4.78, 5) is 20.4. The molecular formula is C19H25ClN4O4S. The summed E-state index contributed by atoms with van der Waals surface area (Å²) >= 11 is 7.03. The molecule has 0 saturated carbocycles. The van der Waals surface area contributed by atoms with Gasteiger partial charge in [-0.05, 0) is 50.9 Å². The Hall–Kier alpha value is -2.26. The van der Waals surface area contributed by atoms with Crippen LogP contribution in [0.15, 0.2) is 24.3 Å². The summed E-state index contributed by atoms with van der Waals surface area (Å²) in [5, 5.41) is 0.971. The fourth-order valence-corrected chi connectivity index (χ4v) is 3.53. The Bertz CT molecular complexity index is 817. The highest BCUT2D eigenvalue weighted by Gasteiger charge is 2.30. The van der Waals surface area contributed by atoms with E-state index in [4.69, 9.17) is 25.8 Å². The molecule has 0 atom stereocenters. The third-order valence-electron chi connectivity index (χ3n) is 4.03. The van der Waals surface area contributed by atoms with E-state index in [9.17, 15) is 4.79 Å². The molecule has 0 unspecified atom stereocenters. The van der Waals surface area contributed by atoms with E-state index in [1.807, 2.05) is 57.0 Å².